The Bertz CT molecular complexity index is 709. The molecule has 0 bridgehead atoms. The number of oxime groups is 1. The summed E-state index contributed by atoms with van der Waals surface area (Å²) in [4.78, 5) is 5.25. The monoisotopic (exact) mass is 341 g/mol. The van der Waals surface area contributed by atoms with Crippen LogP contribution in [0, 0.1) is 6.92 Å². The van der Waals surface area contributed by atoms with Crippen LogP contribution in [-0.2, 0) is 6.18 Å². The van der Waals surface area contributed by atoms with Gasteiger partial charge in [0.1, 0.15) is 0 Å². The Morgan fingerprint density at radius 3 is 2.35 bits per heavy atom. The first-order valence-corrected chi connectivity index (χ1v) is 7.36. The van der Waals surface area contributed by atoms with Crippen LogP contribution in [0.15, 0.2) is 47.6 Å². The molecule has 0 atom stereocenters. The van der Waals surface area contributed by atoms with Gasteiger partial charge in [-0.15, -0.1) is 0 Å². The highest BCUT2D eigenvalue weighted by Crippen LogP contribution is 2.34. The lowest BCUT2D eigenvalue weighted by molar-refractivity contribution is -0.137. The third kappa shape index (κ3) is 4.48. The number of nitrogens with zero attached hydrogens (tertiary/aromatic N) is 1. The Hall–Kier alpha value is -2.01. The number of hydrogen-bond donors (Lipinski definition) is 0. The predicted octanol–water partition coefficient (Wildman–Crippen LogP) is 5.86. The van der Waals surface area contributed by atoms with Crippen LogP contribution in [0.25, 0.3) is 0 Å². The second kappa shape index (κ2) is 7.04. The van der Waals surface area contributed by atoms with Gasteiger partial charge in [0.15, 0.2) is 5.75 Å². The molecule has 0 radical (unpaired) electrons. The summed E-state index contributed by atoms with van der Waals surface area (Å²) in [6.07, 6.45) is -4.21. The lowest BCUT2D eigenvalue weighted by Gasteiger charge is -2.14. The van der Waals surface area contributed by atoms with Crippen molar-refractivity contribution in [3.8, 4) is 5.75 Å². The molecule has 0 amide bonds. The molecule has 0 aliphatic rings. The third-order valence-corrected chi connectivity index (χ3v) is 3.45. The van der Waals surface area contributed by atoms with Gasteiger partial charge in [0.2, 0.25) is 0 Å². The minimum absolute atomic E-state index is 0.0698. The van der Waals surface area contributed by atoms with Gasteiger partial charge in [0.25, 0.3) is 0 Å². The summed E-state index contributed by atoms with van der Waals surface area (Å²) in [5.41, 5.74) is 0.376. The first-order valence-electron chi connectivity index (χ1n) is 6.99. The first-order chi connectivity index (χ1) is 10.8. The second-order valence-corrected chi connectivity index (χ2v) is 5.42. The molecule has 0 spiro atoms. The third-order valence-electron chi connectivity index (χ3n) is 3.22. The van der Waals surface area contributed by atoms with Crippen LogP contribution < -0.4 is 4.84 Å². The molecule has 2 rings (SSSR count). The molecule has 6 heteroatoms. The Morgan fingerprint density at radius 1 is 1.13 bits per heavy atom. The fourth-order valence-electron chi connectivity index (χ4n) is 2.01. The van der Waals surface area contributed by atoms with E-state index in [1.807, 2.05) is 19.1 Å². The summed E-state index contributed by atoms with van der Waals surface area (Å²) in [6.45, 7) is 3.63. The molecule has 2 aromatic rings. The Balaban J connectivity index is 2.38. The number of hydrogen-bond acceptors (Lipinski definition) is 2. The summed E-state index contributed by atoms with van der Waals surface area (Å²) in [5.74, 6) is 0.456. The molecule has 0 fully saturated rings. The van der Waals surface area contributed by atoms with E-state index in [1.165, 1.54) is 12.1 Å². The van der Waals surface area contributed by atoms with Crippen LogP contribution in [0.1, 0.15) is 30.0 Å². The van der Waals surface area contributed by atoms with E-state index in [9.17, 15) is 13.2 Å². The molecule has 122 valence electrons. The zero-order valence-electron chi connectivity index (χ0n) is 12.6. The van der Waals surface area contributed by atoms with Gasteiger partial charge in [-0.25, -0.2) is 0 Å². The summed E-state index contributed by atoms with van der Waals surface area (Å²) in [5, 5.41) is 4.10. The minimum atomic E-state index is -4.49. The van der Waals surface area contributed by atoms with Gasteiger partial charge in [-0.1, -0.05) is 41.4 Å². The molecule has 0 N–H and O–H groups in total. The molecule has 2 nitrogen and oxygen atoms in total. The fraction of sp³-hybridized carbons (Fsp3) is 0.235. The van der Waals surface area contributed by atoms with E-state index in [4.69, 9.17) is 16.4 Å². The Morgan fingerprint density at radius 2 is 1.78 bits per heavy atom. The van der Waals surface area contributed by atoms with Crippen LogP contribution in [0.3, 0.4) is 0 Å². The highest BCUT2D eigenvalue weighted by molar-refractivity contribution is 6.31. The van der Waals surface area contributed by atoms with Gasteiger partial charge in [-0.2, -0.15) is 13.2 Å². The zero-order valence-corrected chi connectivity index (χ0v) is 13.4. The van der Waals surface area contributed by atoms with Gasteiger partial charge < -0.3 is 4.84 Å². The molecule has 0 heterocycles. The quantitative estimate of drug-likeness (QED) is 0.504. The van der Waals surface area contributed by atoms with Crippen molar-refractivity contribution in [1.29, 1.82) is 0 Å². The molecule has 0 aromatic heterocycles. The summed E-state index contributed by atoms with van der Waals surface area (Å²) >= 11 is 5.84. The van der Waals surface area contributed by atoms with E-state index in [1.54, 1.807) is 19.1 Å². The van der Waals surface area contributed by atoms with Gasteiger partial charge in [0.05, 0.1) is 11.3 Å². The Kier molecular flexibility index (Phi) is 5.31. The summed E-state index contributed by atoms with van der Waals surface area (Å²) in [6, 6.07) is 10.5. The van der Waals surface area contributed by atoms with E-state index < -0.39 is 11.7 Å². The van der Waals surface area contributed by atoms with Crippen molar-refractivity contribution >= 4 is 17.3 Å². The fourth-order valence-corrected chi connectivity index (χ4v) is 2.19. The Labute approximate surface area is 137 Å². The van der Waals surface area contributed by atoms with Gasteiger partial charge >= 0.3 is 6.18 Å². The van der Waals surface area contributed by atoms with Gasteiger partial charge in [-0.05, 0) is 43.7 Å². The SMILES string of the molecule is CC/C(=N\Oc1ccc(C)cc1)c1cc(Cl)ccc1C(F)(F)F. The van der Waals surface area contributed by atoms with E-state index in [0.717, 1.165) is 11.6 Å². The van der Waals surface area contributed by atoms with Crippen LogP contribution in [0.5, 0.6) is 5.75 Å². The number of rotatable bonds is 4. The normalized spacial score (nSPS) is 12.3. The minimum Gasteiger partial charge on any atom is -0.357 e. The van der Waals surface area contributed by atoms with Crippen molar-refractivity contribution < 1.29 is 18.0 Å². The maximum atomic E-state index is 13.1. The molecule has 0 aliphatic carbocycles. The van der Waals surface area contributed by atoms with Crippen molar-refractivity contribution in [2.24, 2.45) is 5.16 Å². The summed E-state index contributed by atoms with van der Waals surface area (Å²) < 4.78 is 39.4. The van der Waals surface area contributed by atoms with E-state index in [0.29, 0.717) is 5.75 Å². The number of benzene rings is 2. The molecule has 0 saturated carbocycles. The average Bonchev–Trinajstić information content (AvgIpc) is 2.48. The molecule has 0 aliphatic heterocycles. The van der Waals surface area contributed by atoms with Crippen molar-refractivity contribution in [2.45, 2.75) is 26.4 Å². The van der Waals surface area contributed by atoms with Crippen molar-refractivity contribution in [1.82, 2.24) is 0 Å². The smallest absolute Gasteiger partial charge is 0.357 e. The maximum Gasteiger partial charge on any atom is 0.417 e. The largest absolute Gasteiger partial charge is 0.417 e. The van der Waals surface area contributed by atoms with E-state index >= 15 is 0 Å². The molecule has 0 unspecified atom stereocenters. The molecular formula is C17H15ClF3NO. The number of alkyl halides is 3. The van der Waals surface area contributed by atoms with Crippen molar-refractivity contribution in [2.75, 3.05) is 0 Å². The van der Waals surface area contributed by atoms with Crippen LogP contribution in [0.2, 0.25) is 5.02 Å². The number of aryl methyl sites for hydroxylation is 1. The molecule has 0 saturated heterocycles. The first kappa shape index (κ1) is 17.3. The predicted molar refractivity (Wildman–Crippen MR) is 85.1 cm³/mol. The second-order valence-electron chi connectivity index (χ2n) is 4.98. The zero-order chi connectivity index (χ0) is 17.0. The van der Waals surface area contributed by atoms with Crippen LogP contribution in [-0.4, -0.2) is 5.71 Å². The molecule has 2 aromatic carbocycles. The standard InChI is InChI=1S/C17H15ClF3NO/c1-3-16(22-23-13-7-4-11(2)5-8-13)14-10-12(18)6-9-15(14)17(19,20)21/h4-10H,3H2,1-2H3/b22-16+. The van der Waals surface area contributed by atoms with E-state index in [2.05, 4.69) is 5.16 Å². The maximum absolute atomic E-state index is 13.1. The van der Waals surface area contributed by atoms with Gasteiger partial charge in [0, 0.05) is 10.6 Å². The molecule has 23 heavy (non-hydrogen) atoms. The highest BCUT2D eigenvalue weighted by atomic mass is 35.5. The molecular weight excluding hydrogens is 327 g/mol. The van der Waals surface area contributed by atoms with Crippen LogP contribution in [0.4, 0.5) is 13.2 Å². The van der Waals surface area contributed by atoms with E-state index in [-0.39, 0.29) is 22.7 Å². The number of halogens is 4. The van der Waals surface area contributed by atoms with Gasteiger partial charge in [-0.3, -0.25) is 0 Å². The lowest BCUT2D eigenvalue weighted by atomic mass is 10.0. The van der Waals surface area contributed by atoms with Crippen molar-refractivity contribution in [3.05, 3.63) is 64.2 Å². The summed E-state index contributed by atoms with van der Waals surface area (Å²) in [7, 11) is 0. The highest BCUT2D eigenvalue weighted by Gasteiger charge is 2.34. The van der Waals surface area contributed by atoms with Crippen molar-refractivity contribution in [3.63, 3.8) is 0 Å². The average molecular weight is 342 g/mol. The lowest BCUT2D eigenvalue weighted by Crippen LogP contribution is -2.14. The topological polar surface area (TPSA) is 21.6 Å². The van der Waals surface area contributed by atoms with Crippen LogP contribution >= 0.6 is 11.6 Å².